The van der Waals surface area contributed by atoms with Gasteiger partial charge >= 0.3 is 0 Å². The fraction of sp³-hybridized carbons (Fsp3) is 0.444. The minimum Gasteiger partial charge on any atom is -0.478 e. The smallest absolute Gasteiger partial charge is 0.215 e. The number of nitrogens with zero attached hydrogens (tertiary/aromatic N) is 1. The van der Waals surface area contributed by atoms with Gasteiger partial charge in [-0.3, -0.25) is 0 Å². The predicted molar refractivity (Wildman–Crippen MR) is 51.0 cm³/mol. The summed E-state index contributed by atoms with van der Waals surface area (Å²) in [5.74, 6) is 1.32. The molecule has 13 heavy (non-hydrogen) atoms. The van der Waals surface area contributed by atoms with Gasteiger partial charge in [0.15, 0.2) is 0 Å². The van der Waals surface area contributed by atoms with Crippen LogP contribution in [0.25, 0.3) is 0 Å². The van der Waals surface area contributed by atoms with Crippen LogP contribution in [0.3, 0.4) is 0 Å². The molecule has 0 saturated carbocycles. The quantitative estimate of drug-likeness (QED) is 0.710. The van der Waals surface area contributed by atoms with Gasteiger partial charge in [-0.05, 0) is 13.0 Å². The molecule has 0 saturated heterocycles. The highest BCUT2D eigenvalue weighted by molar-refractivity contribution is 5.36. The Labute approximate surface area is 77.6 Å². The largest absolute Gasteiger partial charge is 0.478 e. The molecule has 0 radical (unpaired) electrons. The van der Waals surface area contributed by atoms with Gasteiger partial charge in [0, 0.05) is 12.6 Å². The molecule has 1 aromatic heterocycles. The van der Waals surface area contributed by atoms with E-state index in [9.17, 15) is 0 Å². The van der Waals surface area contributed by atoms with E-state index in [1.165, 1.54) is 0 Å². The van der Waals surface area contributed by atoms with E-state index in [1.54, 1.807) is 6.07 Å². The Morgan fingerprint density at radius 2 is 2.38 bits per heavy atom. The summed E-state index contributed by atoms with van der Waals surface area (Å²) in [5, 5.41) is 11.5. The molecule has 0 atom stereocenters. The lowest BCUT2D eigenvalue weighted by molar-refractivity contribution is 0.310. The zero-order valence-corrected chi connectivity index (χ0v) is 7.66. The SMILES string of the molecule is CCOc1cccc(NCCO)n1. The number of pyridine rings is 1. The van der Waals surface area contributed by atoms with Crippen molar-refractivity contribution in [3.05, 3.63) is 18.2 Å². The third kappa shape index (κ3) is 3.29. The van der Waals surface area contributed by atoms with Gasteiger partial charge in [-0.15, -0.1) is 0 Å². The molecule has 4 nitrogen and oxygen atoms in total. The maximum atomic E-state index is 8.58. The van der Waals surface area contributed by atoms with Crippen LogP contribution in [0.2, 0.25) is 0 Å². The second-order valence-corrected chi connectivity index (χ2v) is 2.44. The first-order chi connectivity index (χ1) is 6.36. The number of rotatable bonds is 5. The maximum absolute atomic E-state index is 8.58. The van der Waals surface area contributed by atoms with Gasteiger partial charge in [-0.1, -0.05) is 6.07 Å². The minimum absolute atomic E-state index is 0.0978. The molecule has 0 amide bonds. The van der Waals surface area contributed by atoms with Crippen LogP contribution >= 0.6 is 0 Å². The molecular weight excluding hydrogens is 168 g/mol. The highest BCUT2D eigenvalue weighted by Gasteiger charge is 1.95. The van der Waals surface area contributed by atoms with Gasteiger partial charge in [-0.25, -0.2) is 0 Å². The van der Waals surface area contributed by atoms with E-state index >= 15 is 0 Å². The summed E-state index contributed by atoms with van der Waals surface area (Å²) in [4.78, 5) is 4.16. The first-order valence-electron chi connectivity index (χ1n) is 4.31. The lowest BCUT2D eigenvalue weighted by atomic mass is 10.4. The van der Waals surface area contributed by atoms with Gasteiger partial charge in [0.2, 0.25) is 5.88 Å². The Bertz CT molecular complexity index is 253. The number of aromatic nitrogens is 1. The molecule has 2 N–H and O–H groups in total. The van der Waals surface area contributed by atoms with Crippen LogP contribution in [0, 0.1) is 0 Å². The van der Waals surface area contributed by atoms with Crippen molar-refractivity contribution in [2.45, 2.75) is 6.92 Å². The molecule has 0 aromatic carbocycles. The van der Waals surface area contributed by atoms with E-state index < -0.39 is 0 Å². The van der Waals surface area contributed by atoms with E-state index in [4.69, 9.17) is 9.84 Å². The third-order valence-corrected chi connectivity index (χ3v) is 1.43. The summed E-state index contributed by atoms with van der Waals surface area (Å²) in [5.41, 5.74) is 0. The maximum Gasteiger partial charge on any atom is 0.215 e. The zero-order valence-electron chi connectivity index (χ0n) is 7.66. The molecule has 0 spiro atoms. The highest BCUT2D eigenvalue weighted by atomic mass is 16.5. The van der Waals surface area contributed by atoms with Gasteiger partial charge in [-0.2, -0.15) is 4.98 Å². The second kappa shape index (κ2) is 5.37. The summed E-state index contributed by atoms with van der Waals surface area (Å²) in [7, 11) is 0. The minimum atomic E-state index is 0.0978. The van der Waals surface area contributed by atoms with Crippen molar-refractivity contribution in [1.29, 1.82) is 0 Å². The van der Waals surface area contributed by atoms with Crippen molar-refractivity contribution < 1.29 is 9.84 Å². The van der Waals surface area contributed by atoms with E-state index in [0.29, 0.717) is 19.0 Å². The first-order valence-corrected chi connectivity index (χ1v) is 4.31. The fourth-order valence-electron chi connectivity index (χ4n) is 0.926. The molecule has 72 valence electrons. The molecule has 0 aliphatic carbocycles. The van der Waals surface area contributed by atoms with Crippen LogP contribution in [0.4, 0.5) is 5.82 Å². The number of nitrogens with one attached hydrogen (secondary N) is 1. The molecule has 0 fully saturated rings. The van der Waals surface area contributed by atoms with E-state index in [0.717, 1.165) is 5.82 Å². The average molecular weight is 182 g/mol. The molecule has 1 rings (SSSR count). The zero-order chi connectivity index (χ0) is 9.52. The van der Waals surface area contributed by atoms with Crippen LogP contribution in [-0.4, -0.2) is 29.8 Å². The lowest BCUT2D eigenvalue weighted by Gasteiger charge is -2.05. The molecule has 4 heteroatoms. The molecule has 0 aliphatic rings. The number of hydrogen-bond donors (Lipinski definition) is 2. The topological polar surface area (TPSA) is 54.4 Å². The van der Waals surface area contributed by atoms with Crippen molar-refractivity contribution in [1.82, 2.24) is 4.98 Å². The first kappa shape index (κ1) is 9.80. The number of ether oxygens (including phenoxy) is 1. The van der Waals surface area contributed by atoms with Crippen LogP contribution in [-0.2, 0) is 0 Å². The molecule has 1 heterocycles. The van der Waals surface area contributed by atoms with Gasteiger partial charge in [0.25, 0.3) is 0 Å². The van der Waals surface area contributed by atoms with E-state index in [2.05, 4.69) is 10.3 Å². The fourth-order valence-corrected chi connectivity index (χ4v) is 0.926. The number of anilines is 1. The van der Waals surface area contributed by atoms with Crippen molar-refractivity contribution >= 4 is 5.82 Å². The van der Waals surface area contributed by atoms with E-state index in [1.807, 2.05) is 19.1 Å². The van der Waals surface area contributed by atoms with Crippen molar-refractivity contribution in [2.24, 2.45) is 0 Å². The Kier molecular flexibility index (Phi) is 4.05. The van der Waals surface area contributed by atoms with Crippen LogP contribution in [0.15, 0.2) is 18.2 Å². The van der Waals surface area contributed by atoms with Crippen LogP contribution in [0.1, 0.15) is 6.92 Å². The van der Waals surface area contributed by atoms with Crippen molar-refractivity contribution in [3.8, 4) is 5.88 Å². The summed E-state index contributed by atoms with van der Waals surface area (Å²) in [6.07, 6.45) is 0. The third-order valence-electron chi connectivity index (χ3n) is 1.43. The second-order valence-electron chi connectivity index (χ2n) is 2.44. The summed E-state index contributed by atoms with van der Waals surface area (Å²) in [6, 6.07) is 5.49. The molecular formula is C9H14N2O2. The average Bonchev–Trinajstić information content (AvgIpc) is 2.16. The lowest BCUT2D eigenvalue weighted by Crippen LogP contribution is -2.07. The predicted octanol–water partition coefficient (Wildman–Crippen LogP) is 0.884. The Balaban J connectivity index is 2.56. The van der Waals surface area contributed by atoms with Gasteiger partial charge in [0.05, 0.1) is 13.2 Å². The number of aliphatic hydroxyl groups excluding tert-OH is 1. The van der Waals surface area contributed by atoms with Gasteiger partial charge in [0.1, 0.15) is 5.82 Å². The summed E-state index contributed by atoms with van der Waals surface area (Å²) < 4.78 is 5.21. The molecule has 0 unspecified atom stereocenters. The van der Waals surface area contributed by atoms with Gasteiger partial charge < -0.3 is 15.2 Å². The number of hydrogen-bond acceptors (Lipinski definition) is 4. The standard InChI is InChI=1S/C9H14N2O2/c1-2-13-9-5-3-4-8(11-9)10-6-7-12/h3-5,12H,2,6-7H2,1H3,(H,10,11). The normalized spacial score (nSPS) is 9.69. The van der Waals surface area contributed by atoms with Crippen molar-refractivity contribution in [2.75, 3.05) is 25.1 Å². The van der Waals surface area contributed by atoms with Crippen molar-refractivity contribution in [3.63, 3.8) is 0 Å². The van der Waals surface area contributed by atoms with Crippen LogP contribution in [0.5, 0.6) is 5.88 Å². The Hall–Kier alpha value is -1.29. The Morgan fingerprint density at radius 1 is 1.54 bits per heavy atom. The molecule has 0 bridgehead atoms. The monoisotopic (exact) mass is 182 g/mol. The summed E-state index contributed by atoms with van der Waals surface area (Å²) >= 11 is 0. The highest BCUT2D eigenvalue weighted by Crippen LogP contribution is 2.10. The molecule has 1 aromatic rings. The van der Waals surface area contributed by atoms with Crippen LogP contribution < -0.4 is 10.1 Å². The summed E-state index contributed by atoms with van der Waals surface area (Å²) in [6.45, 7) is 3.12. The van der Waals surface area contributed by atoms with E-state index in [-0.39, 0.29) is 6.61 Å². The number of aliphatic hydroxyl groups is 1. The molecule has 0 aliphatic heterocycles. The Morgan fingerprint density at radius 3 is 3.08 bits per heavy atom.